The first-order valence-corrected chi connectivity index (χ1v) is 6.43. The third-order valence-corrected chi connectivity index (χ3v) is 3.18. The number of rotatable bonds is 4. The van der Waals surface area contributed by atoms with Crippen molar-refractivity contribution in [2.24, 2.45) is 0 Å². The van der Waals surface area contributed by atoms with Crippen LogP contribution in [0.5, 0.6) is 5.75 Å². The van der Waals surface area contributed by atoms with E-state index >= 15 is 0 Å². The van der Waals surface area contributed by atoms with E-state index in [0.29, 0.717) is 16.9 Å². The topological polar surface area (TPSA) is 46.5 Å². The van der Waals surface area contributed by atoms with Crippen molar-refractivity contribution >= 4 is 5.97 Å². The molecule has 0 radical (unpaired) electrons. The molecule has 102 valence electrons. The van der Waals surface area contributed by atoms with Gasteiger partial charge in [0.05, 0.1) is 11.7 Å². The Morgan fingerprint density at radius 2 is 2.00 bits per heavy atom. The molecule has 0 heterocycles. The smallest absolute Gasteiger partial charge is 0.336 e. The van der Waals surface area contributed by atoms with Crippen LogP contribution in [-0.4, -0.2) is 17.2 Å². The van der Waals surface area contributed by atoms with Crippen molar-refractivity contribution in [3.05, 3.63) is 53.8 Å². The van der Waals surface area contributed by atoms with Gasteiger partial charge in [0.2, 0.25) is 0 Å². The van der Waals surface area contributed by atoms with Gasteiger partial charge in [-0.2, -0.15) is 0 Å². The molecular formula is C16H13FO3. The number of carbonyl (C=O) groups is 1. The molecule has 0 unspecified atom stereocenters. The molecule has 3 nitrogen and oxygen atoms in total. The molecule has 2 aromatic rings. The van der Waals surface area contributed by atoms with Gasteiger partial charge in [0, 0.05) is 0 Å². The highest BCUT2D eigenvalue weighted by molar-refractivity contribution is 5.96. The number of carboxylic acid groups (broad SMARTS) is 1. The summed E-state index contributed by atoms with van der Waals surface area (Å²) in [5, 5.41) is 9.18. The number of ether oxygens (including phenoxy) is 1. The minimum absolute atomic E-state index is 0.0476. The van der Waals surface area contributed by atoms with Crippen molar-refractivity contribution in [3.8, 4) is 16.9 Å². The van der Waals surface area contributed by atoms with E-state index in [4.69, 9.17) is 4.74 Å². The Bertz CT molecular complexity index is 663. The predicted molar refractivity (Wildman–Crippen MR) is 72.4 cm³/mol. The predicted octanol–water partition coefficient (Wildman–Crippen LogP) is 3.73. The summed E-state index contributed by atoms with van der Waals surface area (Å²) >= 11 is 0. The van der Waals surface area contributed by atoms with Crippen LogP contribution in [0, 0.1) is 5.82 Å². The van der Waals surface area contributed by atoms with Crippen molar-refractivity contribution in [2.75, 3.05) is 0 Å². The van der Waals surface area contributed by atoms with E-state index in [0.717, 1.165) is 18.9 Å². The van der Waals surface area contributed by atoms with E-state index in [-0.39, 0.29) is 11.7 Å². The minimum atomic E-state index is -1.15. The zero-order valence-corrected chi connectivity index (χ0v) is 10.7. The Kier molecular flexibility index (Phi) is 3.14. The molecule has 0 spiro atoms. The lowest BCUT2D eigenvalue weighted by molar-refractivity contribution is 0.0697. The molecule has 20 heavy (non-hydrogen) atoms. The van der Waals surface area contributed by atoms with E-state index < -0.39 is 11.8 Å². The van der Waals surface area contributed by atoms with E-state index in [1.165, 1.54) is 12.1 Å². The van der Waals surface area contributed by atoms with Gasteiger partial charge in [0.25, 0.3) is 0 Å². The number of hydrogen-bond acceptors (Lipinski definition) is 2. The number of benzene rings is 2. The van der Waals surface area contributed by atoms with Crippen molar-refractivity contribution in [1.29, 1.82) is 0 Å². The number of carboxylic acids is 1. The Balaban J connectivity index is 2.01. The standard InChI is InChI=1S/C16H13FO3/c17-11-4-7-14(15(9-11)16(18)19)10-2-1-3-13(8-10)20-12-5-6-12/h1-4,7-9,12H,5-6H2,(H,18,19). The van der Waals surface area contributed by atoms with Gasteiger partial charge in [-0.3, -0.25) is 0 Å². The molecule has 1 aliphatic carbocycles. The van der Waals surface area contributed by atoms with Crippen molar-refractivity contribution in [2.45, 2.75) is 18.9 Å². The Labute approximate surface area is 115 Å². The fourth-order valence-corrected chi connectivity index (χ4v) is 2.06. The zero-order valence-electron chi connectivity index (χ0n) is 10.7. The molecule has 0 bridgehead atoms. The Hall–Kier alpha value is -2.36. The fraction of sp³-hybridized carbons (Fsp3) is 0.188. The Morgan fingerprint density at radius 3 is 2.70 bits per heavy atom. The highest BCUT2D eigenvalue weighted by Gasteiger charge is 2.23. The quantitative estimate of drug-likeness (QED) is 0.922. The summed E-state index contributed by atoms with van der Waals surface area (Å²) in [6, 6.07) is 11.0. The first-order chi connectivity index (χ1) is 9.63. The largest absolute Gasteiger partial charge is 0.490 e. The monoisotopic (exact) mass is 272 g/mol. The molecule has 1 N–H and O–H groups in total. The maximum absolute atomic E-state index is 13.2. The molecule has 0 atom stereocenters. The van der Waals surface area contributed by atoms with Gasteiger partial charge in [-0.25, -0.2) is 9.18 Å². The van der Waals surface area contributed by atoms with Gasteiger partial charge >= 0.3 is 5.97 Å². The lowest BCUT2D eigenvalue weighted by Gasteiger charge is -2.09. The fourth-order valence-electron chi connectivity index (χ4n) is 2.06. The van der Waals surface area contributed by atoms with Gasteiger partial charge < -0.3 is 9.84 Å². The summed E-state index contributed by atoms with van der Waals surface area (Å²) in [6.45, 7) is 0. The molecule has 0 aliphatic heterocycles. The van der Waals surface area contributed by atoms with Gasteiger partial charge in [-0.1, -0.05) is 18.2 Å². The van der Waals surface area contributed by atoms with Crippen molar-refractivity contribution in [3.63, 3.8) is 0 Å². The molecule has 0 amide bonds. The van der Waals surface area contributed by atoms with Crippen LogP contribution in [0.25, 0.3) is 11.1 Å². The molecule has 1 saturated carbocycles. The van der Waals surface area contributed by atoms with Crippen molar-refractivity contribution < 1.29 is 19.0 Å². The number of halogens is 1. The third-order valence-electron chi connectivity index (χ3n) is 3.18. The van der Waals surface area contributed by atoms with Crippen LogP contribution in [0.15, 0.2) is 42.5 Å². The molecule has 0 aromatic heterocycles. The highest BCUT2D eigenvalue weighted by atomic mass is 19.1. The molecular weight excluding hydrogens is 259 g/mol. The second-order valence-electron chi connectivity index (χ2n) is 4.84. The average molecular weight is 272 g/mol. The van der Waals surface area contributed by atoms with Crippen LogP contribution in [0.3, 0.4) is 0 Å². The molecule has 4 heteroatoms. The van der Waals surface area contributed by atoms with Crippen LogP contribution in [0.2, 0.25) is 0 Å². The third kappa shape index (κ3) is 2.64. The number of aromatic carboxylic acids is 1. The van der Waals surface area contributed by atoms with Crippen LogP contribution < -0.4 is 4.74 Å². The molecule has 1 aliphatic rings. The molecule has 2 aromatic carbocycles. The van der Waals surface area contributed by atoms with E-state index in [1.54, 1.807) is 12.1 Å². The van der Waals surface area contributed by atoms with Gasteiger partial charge in [-0.15, -0.1) is 0 Å². The van der Waals surface area contributed by atoms with Crippen LogP contribution >= 0.6 is 0 Å². The zero-order chi connectivity index (χ0) is 14.1. The van der Waals surface area contributed by atoms with Crippen LogP contribution in [0.4, 0.5) is 4.39 Å². The van der Waals surface area contributed by atoms with Crippen molar-refractivity contribution in [1.82, 2.24) is 0 Å². The lowest BCUT2D eigenvalue weighted by atomic mass is 9.99. The summed E-state index contributed by atoms with van der Waals surface area (Å²) in [7, 11) is 0. The number of hydrogen-bond donors (Lipinski definition) is 1. The van der Waals surface area contributed by atoms with Gasteiger partial charge in [0.15, 0.2) is 0 Å². The minimum Gasteiger partial charge on any atom is -0.490 e. The summed E-state index contributed by atoms with van der Waals surface area (Å²) < 4.78 is 18.9. The Morgan fingerprint density at radius 1 is 1.20 bits per heavy atom. The van der Waals surface area contributed by atoms with E-state index in [9.17, 15) is 14.3 Å². The first-order valence-electron chi connectivity index (χ1n) is 6.43. The van der Waals surface area contributed by atoms with E-state index in [1.807, 2.05) is 12.1 Å². The summed E-state index contributed by atoms with van der Waals surface area (Å²) in [5.74, 6) is -0.991. The highest BCUT2D eigenvalue weighted by Crippen LogP contribution is 2.31. The van der Waals surface area contributed by atoms with Crippen LogP contribution in [0.1, 0.15) is 23.2 Å². The summed E-state index contributed by atoms with van der Waals surface area (Å²) in [4.78, 5) is 11.2. The van der Waals surface area contributed by atoms with E-state index in [2.05, 4.69) is 0 Å². The summed E-state index contributed by atoms with van der Waals surface area (Å²) in [5.41, 5.74) is 1.15. The first kappa shape index (κ1) is 12.7. The maximum Gasteiger partial charge on any atom is 0.336 e. The normalized spacial score (nSPS) is 14.1. The maximum atomic E-state index is 13.2. The van der Waals surface area contributed by atoms with Gasteiger partial charge in [0.1, 0.15) is 11.6 Å². The summed E-state index contributed by atoms with van der Waals surface area (Å²) in [6.07, 6.45) is 2.39. The molecule has 0 saturated heterocycles. The van der Waals surface area contributed by atoms with Crippen LogP contribution in [-0.2, 0) is 0 Å². The van der Waals surface area contributed by atoms with Gasteiger partial charge in [-0.05, 0) is 48.2 Å². The second kappa shape index (κ2) is 4.96. The molecule has 1 fully saturated rings. The average Bonchev–Trinajstić information content (AvgIpc) is 3.23. The second-order valence-corrected chi connectivity index (χ2v) is 4.84. The lowest BCUT2D eigenvalue weighted by Crippen LogP contribution is -2.01. The SMILES string of the molecule is O=C(O)c1cc(F)ccc1-c1cccc(OC2CC2)c1. The molecule has 3 rings (SSSR count).